The Kier molecular flexibility index (Phi) is 7.53. The first-order chi connectivity index (χ1) is 14.9. The Hall–Kier alpha value is -2.62. The Bertz CT molecular complexity index is 752. The fraction of sp³-hybridized carbons (Fsp3) is 0.714. The summed E-state index contributed by atoms with van der Waals surface area (Å²) in [5.41, 5.74) is -0.447. The van der Waals surface area contributed by atoms with Gasteiger partial charge in [-0.1, -0.05) is 12.8 Å². The lowest BCUT2D eigenvalue weighted by molar-refractivity contribution is -0.159. The van der Waals surface area contributed by atoms with Crippen LogP contribution in [-0.2, 0) is 28.6 Å². The summed E-state index contributed by atoms with van der Waals surface area (Å²) in [6.07, 6.45) is 2.95. The Morgan fingerprint density at radius 3 is 2.48 bits per heavy atom. The second kappa shape index (κ2) is 10.1. The molecule has 3 aliphatic rings. The predicted molar refractivity (Wildman–Crippen MR) is 109 cm³/mol. The van der Waals surface area contributed by atoms with Crippen LogP contribution in [0.3, 0.4) is 0 Å². The maximum absolute atomic E-state index is 13.1. The maximum Gasteiger partial charge on any atom is 0.338 e. The Balaban J connectivity index is 1.71. The molecule has 172 valence electrons. The number of hydrogen-bond donors (Lipinski definition) is 2. The number of esters is 2. The van der Waals surface area contributed by atoms with Crippen molar-refractivity contribution < 1.29 is 33.4 Å². The number of ether oxygens (including phenoxy) is 3. The predicted octanol–water partition coefficient (Wildman–Crippen LogP) is 0.857. The molecule has 2 N–H and O–H groups in total. The van der Waals surface area contributed by atoms with E-state index in [-0.39, 0.29) is 36.8 Å². The third-order valence-electron chi connectivity index (χ3n) is 6.06. The van der Waals surface area contributed by atoms with E-state index in [2.05, 4.69) is 10.6 Å². The standard InChI is InChI=1S/C21H31N3O7/c1-3-30-18(26)17-14(2)22-20(28)23-15(17)13-31-19(27)21(6-4-5-7-21)12-16(25)24-8-10-29-11-9-24/h14H,3-13H2,1-2H3,(H2,22,23,28). The lowest BCUT2D eigenvalue weighted by atomic mass is 9.82. The van der Waals surface area contributed by atoms with Crippen molar-refractivity contribution in [3.63, 3.8) is 0 Å². The van der Waals surface area contributed by atoms with E-state index in [9.17, 15) is 19.2 Å². The van der Waals surface area contributed by atoms with Gasteiger partial charge in [0.15, 0.2) is 0 Å². The van der Waals surface area contributed by atoms with E-state index in [1.54, 1.807) is 18.7 Å². The largest absolute Gasteiger partial charge is 0.463 e. The maximum atomic E-state index is 13.1. The van der Waals surface area contributed by atoms with Crippen molar-refractivity contribution in [3.8, 4) is 0 Å². The van der Waals surface area contributed by atoms with Crippen molar-refractivity contribution in [2.24, 2.45) is 5.41 Å². The van der Waals surface area contributed by atoms with E-state index < -0.39 is 29.4 Å². The highest BCUT2D eigenvalue weighted by Crippen LogP contribution is 2.43. The molecule has 2 aliphatic heterocycles. The molecule has 2 fully saturated rings. The Morgan fingerprint density at radius 1 is 1.16 bits per heavy atom. The first-order valence-corrected chi connectivity index (χ1v) is 10.9. The molecule has 0 aromatic carbocycles. The van der Waals surface area contributed by atoms with Crippen LogP contribution in [0.5, 0.6) is 0 Å². The lowest BCUT2D eigenvalue weighted by Gasteiger charge is -2.32. The van der Waals surface area contributed by atoms with Crippen molar-refractivity contribution in [2.75, 3.05) is 39.5 Å². The first-order valence-electron chi connectivity index (χ1n) is 10.9. The van der Waals surface area contributed by atoms with E-state index >= 15 is 0 Å². The van der Waals surface area contributed by atoms with Crippen LogP contribution >= 0.6 is 0 Å². The average Bonchev–Trinajstić information content (AvgIpc) is 3.22. The van der Waals surface area contributed by atoms with Gasteiger partial charge in [-0.25, -0.2) is 9.59 Å². The number of hydrogen-bond acceptors (Lipinski definition) is 7. The van der Waals surface area contributed by atoms with Gasteiger partial charge in [0.1, 0.15) is 6.61 Å². The van der Waals surface area contributed by atoms with Crippen LogP contribution in [-0.4, -0.2) is 74.3 Å². The summed E-state index contributed by atoms with van der Waals surface area (Å²) in [5, 5.41) is 5.15. The second-order valence-electron chi connectivity index (χ2n) is 8.17. The lowest BCUT2D eigenvalue weighted by Crippen LogP contribution is -2.50. The minimum Gasteiger partial charge on any atom is -0.463 e. The molecule has 0 spiro atoms. The fourth-order valence-electron chi connectivity index (χ4n) is 4.40. The summed E-state index contributed by atoms with van der Waals surface area (Å²) in [5.74, 6) is -1.12. The van der Waals surface area contributed by atoms with Crippen molar-refractivity contribution in [1.29, 1.82) is 0 Å². The third kappa shape index (κ3) is 5.36. The summed E-state index contributed by atoms with van der Waals surface area (Å²) in [6.45, 7) is 5.31. The summed E-state index contributed by atoms with van der Waals surface area (Å²) in [4.78, 5) is 51.9. The normalized spacial score (nSPS) is 23.1. The highest BCUT2D eigenvalue weighted by Gasteiger charge is 2.45. The third-order valence-corrected chi connectivity index (χ3v) is 6.06. The molecule has 3 amide bonds. The second-order valence-corrected chi connectivity index (χ2v) is 8.17. The van der Waals surface area contributed by atoms with Gasteiger partial charge in [-0.15, -0.1) is 0 Å². The summed E-state index contributed by atoms with van der Waals surface area (Å²) >= 11 is 0. The zero-order chi connectivity index (χ0) is 22.4. The minimum absolute atomic E-state index is 0.0719. The van der Waals surface area contributed by atoms with Gasteiger partial charge in [0, 0.05) is 19.5 Å². The molecule has 0 aromatic rings. The molecule has 1 aliphatic carbocycles. The van der Waals surface area contributed by atoms with Crippen LogP contribution in [0.4, 0.5) is 4.79 Å². The van der Waals surface area contributed by atoms with Crippen molar-refractivity contribution >= 4 is 23.9 Å². The number of rotatable bonds is 7. The summed E-state index contributed by atoms with van der Waals surface area (Å²) < 4.78 is 15.9. The van der Waals surface area contributed by atoms with E-state index in [1.165, 1.54) is 0 Å². The molecule has 2 heterocycles. The van der Waals surface area contributed by atoms with Gasteiger partial charge in [-0.2, -0.15) is 0 Å². The van der Waals surface area contributed by atoms with Crippen LogP contribution in [0, 0.1) is 5.41 Å². The van der Waals surface area contributed by atoms with E-state index in [4.69, 9.17) is 14.2 Å². The number of urea groups is 1. The molecular weight excluding hydrogens is 406 g/mol. The smallest absolute Gasteiger partial charge is 0.338 e. The van der Waals surface area contributed by atoms with Gasteiger partial charge < -0.3 is 29.7 Å². The monoisotopic (exact) mass is 437 g/mol. The van der Waals surface area contributed by atoms with Crippen molar-refractivity contribution in [1.82, 2.24) is 15.5 Å². The van der Waals surface area contributed by atoms with E-state index in [0.717, 1.165) is 12.8 Å². The Labute approximate surface area is 181 Å². The minimum atomic E-state index is -0.872. The molecule has 0 bridgehead atoms. The average molecular weight is 437 g/mol. The van der Waals surface area contributed by atoms with Crippen LogP contribution in [0.25, 0.3) is 0 Å². The molecule has 10 heteroatoms. The van der Waals surface area contributed by atoms with Gasteiger partial charge in [0.25, 0.3) is 0 Å². The molecule has 3 rings (SSSR count). The van der Waals surface area contributed by atoms with Gasteiger partial charge in [-0.05, 0) is 26.7 Å². The molecular formula is C21H31N3O7. The molecule has 0 radical (unpaired) electrons. The highest BCUT2D eigenvalue weighted by atomic mass is 16.5. The molecule has 1 unspecified atom stereocenters. The van der Waals surface area contributed by atoms with E-state index in [1.807, 2.05) is 0 Å². The van der Waals surface area contributed by atoms with Crippen molar-refractivity contribution in [2.45, 2.75) is 52.0 Å². The van der Waals surface area contributed by atoms with Gasteiger partial charge >= 0.3 is 18.0 Å². The summed E-state index contributed by atoms with van der Waals surface area (Å²) in [7, 11) is 0. The first kappa shape index (κ1) is 23.1. The quantitative estimate of drug-likeness (QED) is 0.566. The SMILES string of the molecule is CCOC(=O)C1=C(COC(=O)C2(CC(=O)N3CCOCC3)CCCC2)NC(=O)NC1C. The van der Waals surface area contributed by atoms with Crippen molar-refractivity contribution in [3.05, 3.63) is 11.3 Å². The van der Waals surface area contributed by atoms with Crippen LogP contribution in [0.1, 0.15) is 46.0 Å². The molecule has 10 nitrogen and oxygen atoms in total. The molecule has 0 aromatic heterocycles. The molecule has 1 saturated carbocycles. The summed E-state index contributed by atoms with van der Waals surface area (Å²) in [6, 6.07) is -1.06. The van der Waals surface area contributed by atoms with Crippen LogP contribution < -0.4 is 10.6 Å². The van der Waals surface area contributed by atoms with Crippen LogP contribution in [0.2, 0.25) is 0 Å². The number of carbonyl (C=O) groups is 4. The molecule has 31 heavy (non-hydrogen) atoms. The van der Waals surface area contributed by atoms with E-state index in [0.29, 0.717) is 39.1 Å². The highest BCUT2D eigenvalue weighted by molar-refractivity contribution is 5.95. The number of carbonyl (C=O) groups excluding carboxylic acids is 4. The van der Waals surface area contributed by atoms with Gasteiger partial charge in [-0.3, -0.25) is 9.59 Å². The molecule has 1 saturated heterocycles. The van der Waals surface area contributed by atoms with Gasteiger partial charge in [0.2, 0.25) is 5.91 Å². The number of amides is 3. The van der Waals surface area contributed by atoms with Crippen LogP contribution in [0.15, 0.2) is 11.3 Å². The fourth-order valence-corrected chi connectivity index (χ4v) is 4.40. The topological polar surface area (TPSA) is 123 Å². The number of morpholine rings is 1. The number of nitrogens with one attached hydrogen (secondary N) is 2. The zero-order valence-corrected chi connectivity index (χ0v) is 18.2. The molecule has 1 atom stereocenters. The number of nitrogens with zero attached hydrogens (tertiary/aromatic N) is 1. The Morgan fingerprint density at radius 2 is 1.84 bits per heavy atom. The zero-order valence-electron chi connectivity index (χ0n) is 18.2. The van der Waals surface area contributed by atoms with Gasteiger partial charge in [0.05, 0.1) is 42.5 Å².